The molecule has 0 heterocycles. The van der Waals surface area contributed by atoms with Crippen LogP contribution in [0, 0.1) is 0 Å². The number of aliphatic hydroxyl groups excluding tert-OH is 2. The van der Waals surface area contributed by atoms with E-state index >= 15 is 0 Å². The molecule has 92 valence electrons. The maximum absolute atomic E-state index is 9.66. The SMILES string of the molecule is CCCCCCC(O)CC(O)CCCC. The first-order valence-electron chi connectivity index (χ1n) is 6.56. The summed E-state index contributed by atoms with van der Waals surface area (Å²) < 4.78 is 0. The van der Waals surface area contributed by atoms with Gasteiger partial charge in [-0.05, 0) is 19.3 Å². The highest BCUT2D eigenvalue weighted by Crippen LogP contribution is 2.12. The zero-order valence-electron chi connectivity index (χ0n) is 10.4. The Morgan fingerprint density at radius 2 is 1.27 bits per heavy atom. The van der Waals surface area contributed by atoms with E-state index in [1.807, 2.05) is 0 Å². The van der Waals surface area contributed by atoms with Crippen LogP contribution in [0.3, 0.4) is 0 Å². The molecule has 0 rings (SSSR count). The van der Waals surface area contributed by atoms with Gasteiger partial charge in [-0.2, -0.15) is 0 Å². The lowest BCUT2D eigenvalue weighted by Gasteiger charge is -2.15. The second-order valence-corrected chi connectivity index (χ2v) is 4.53. The van der Waals surface area contributed by atoms with Gasteiger partial charge in [0.1, 0.15) is 0 Å². The van der Waals surface area contributed by atoms with E-state index < -0.39 is 0 Å². The molecule has 0 aliphatic rings. The smallest absolute Gasteiger partial charge is 0.0564 e. The summed E-state index contributed by atoms with van der Waals surface area (Å²) in [5, 5.41) is 19.3. The van der Waals surface area contributed by atoms with Crippen molar-refractivity contribution >= 4 is 0 Å². The van der Waals surface area contributed by atoms with Crippen LogP contribution in [0.25, 0.3) is 0 Å². The Hall–Kier alpha value is -0.0800. The van der Waals surface area contributed by atoms with Crippen molar-refractivity contribution in [2.45, 2.75) is 83.8 Å². The van der Waals surface area contributed by atoms with E-state index in [2.05, 4.69) is 13.8 Å². The van der Waals surface area contributed by atoms with Crippen LogP contribution in [-0.2, 0) is 0 Å². The Morgan fingerprint density at radius 3 is 1.80 bits per heavy atom. The Labute approximate surface area is 94.7 Å². The van der Waals surface area contributed by atoms with Crippen molar-refractivity contribution < 1.29 is 10.2 Å². The summed E-state index contributed by atoms with van der Waals surface area (Å²) in [7, 11) is 0. The van der Waals surface area contributed by atoms with Gasteiger partial charge < -0.3 is 10.2 Å². The molecule has 0 aromatic heterocycles. The topological polar surface area (TPSA) is 40.5 Å². The molecule has 2 unspecified atom stereocenters. The van der Waals surface area contributed by atoms with Crippen molar-refractivity contribution in [1.29, 1.82) is 0 Å². The van der Waals surface area contributed by atoms with E-state index in [1.165, 1.54) is 19.3 Å². The zero-order chi connectivity index (χ0) is 11.5. The van der Waals surface area contributed by atoms with Crippen molar-refractivity contribution in [1.82, 2.24) is 0 Å². The number of rotatable bonds is 10. The molecule has 0 aliphatic heterocycles. The molecule has 0 aromatic carbocycles. The van der Waals surface area contributed by atoms with Gasteiger partial charge in [0.25, 0.3) is 0 Å². The van der Waals surface area contributed by atoms with Crippen LogP contribution in [0.1, 0.15) is 71.6 Å². The summed E-state index contributed by atoms with van der Waals surface area (Å²) in [5.74, 6) is 0. The van der Waals surface area contributed by atoms with Crippen LogP contribution in [-0.4, -0.2) is 22.4 Å². The standard InChI is InChI=1S/C13H28O2/c1-3-5-7-8-10-13(15)11-12(14)9-6-4-2/h12-15H,3-11H2,1-2H3. The Morgan fingerprint density at radius 1 is 0.733 bits per heavy atom. The van der Waals surface area contributed by atoms with Crippen LogP contribution in [0.15, 0.2) is 0 Å². The minimum Gasteiger partial charge on any atom is -0.393 e. The predicted molar refractivity (Wildman–Crippen MR) is 64.9 cm³/mol. The summed E-state index contributed by atoms with van der Waals surface area (Å²) in [6.07, 6.45) is 8.61. The molecule has 0 amide bonds. The maximum atomic E-state index is 9.66. The van der Waals surface area contributed by atoms with Crippen molar-refractivity contribution in [3.05, 3.63) is 0 Å². The molecule has 2 N–H and O–H groups in total. The quantitative estimate of drug-likeness (QED) is 0.550. The molecular formula is C13H28O2. The van der Waals surface area contributed by atoms with Crippen LogP contribution in [0.5, 0.6) is 0 Å². The van der Waals surface area contributed by atoms with Gasteiger partial charge in [0, 0.05) is 0 Å². The molecular weight excluding hydrogens is 188 g/mol. The number of aliphatic hydroxyl groups is 2. The van der Waals surface area contributed by atoms with Crippen molar-refractivity contribution in [3.63, 3.8) is 0 Å². The predicted octanol–water partition coefficient (Wildman–Crippen LogP) is 3.26. The third kappa shape index (κ3) is 10.2. The summed E-state index contributed by atoms with van der Waals surface area (Å²) in [5.41, 5.74) is 0. The highest BCUT2D eigenvalue weighted by atomic mass is 16.3. The lowest BCUT2D eigenvalue weighted by Crippen LogP contribution is -2.17. The van der Waals surface area contributed by atoms with Crippen LogP contribution in [0.4, 0.5) is 0 Å². The first-order valence-corrected chi connectivity index (χ1v) is 6.56. The summed E-state index contributed by atoms with van der Waals surface area (Å²) in [4.78, 5) is 0. The van der Waals surface area contributed by atoms with Crippen LogP contribution in [0.2, 0.25) is 0 Å². The molecule has 2 nitrogen and oxygen atoms in total. The van der Waals surface area contributed by atoms with Crippen molar-refractivity contribution in [2.24, 2.45) is 0 Å². The molecule has 0 spiro atoms. The maximum Gasteiger partial charge on any atom is 0.0564 e. The van der Waals surface area contributed by atoms with Gasteiger partial charge in [-0.15, -0.1) is 0 Å². The average molecular weight is 216 g/mol. The normalized spacial score (nSPS) is 15.2. The molecule has 2 heteroatoms. The minimum atomic E-state index is -0.300. The van der Waals surface area contributed by atoms with E-state index in [1.54, 1.807) is 0 Å². The molecule has 0 saturated carbocycles. The Balaban J connectivity index is 3.33. The lowest BCUT2D eigenvalue weighted by molar-refractivity contribution is 0.0683. The van der Waals surface area contributed by atoms with E-state index in [0.717, 1.165) is 32.1 Å². The molecule has 0 radical (unpaired) electrons. The molecule has 2 atom stereocenters. The Kier molecular flexibility index (Phi) is 10.4. The summed E-state index contributed by atoms with van der Waals surface area (Å²) in [6, 6.07) is 0. The van der Waals surface area contributed by atoms with Crippen LogP contribution >= 0.6 is 0 Å². The molecule has 0 fully saturated rings. The largest absolute Gasteiger partial charge is 0.393 e. The fraction of sp³-hybridized carbons (Fsp3) is 1.00. The molecule has 0 saturated heterocycles. The summed E-state index contributed by atoms with van der Waals surface area (Å²) >= 11 is 0. The van der Waals surface area contributed by atoms with Gasteiger partial charge in [-0.3, -0.25) is 0 Å². The fourth-order valence-electron chi connectivity index (χ4n) is 1.80. The second-order valence-electron chi connectivity index (χ2n) is 4.53. The second kappa shape index (κ2) is 10.4. The molecule has 0 bridgehead atoms. The highest BCUT2D eigenvalue weighted by Gasteiger charge is 2.10. The molecule has 15 heavy (non-hydrogen) atoms. The van der Waals surface area contributed by atoms with Crippen molar-refractivity contribution in [3.8, 4) is 0 Å². The summed E-state index contributed by atoms with van der Waals surface area (Å²) in [6.45, 7) is 4.30. The first kappa shape index (κ1) is 14.9. The van der Waals surface area contributed by atoms with Gasteiger partial charge in [-0.25, -0.2) is 0 Å². The number of hydrogen-bond acceptors (Lipinski definition) is 2. The first-order chi connectivity index (χ1) is 7.20. The average Bonchev–Trinajstić information content (AvgIpc) is 2.21. The van der Waals surface area contributed by atoms with Crippen molar-refractivity contribution in [2.75, 3.05) is 0 Å². The molecule has 0 aliphatic carbocycles. The van der Waals surface area contributed by atoms with Gasteiger partial charge in [0.05, 0.1) is 12.2 Å². The zero-order valence-corrected chi connectivity index (χ0v) is 10.4. The number of hydrogen-bond donors (Lipinski definition) is 2. The van der Waals surface area contributed by atoms with E-state index in [4.69, 9.17) is 0 Å². The molecule has 0 aromatic rings. The Bertz CT molecular complexity index is 126. The van der Waals surface area contributed by atoms with E-state index in [0.29, 0.717) is 6.42 Å². The lowest BCUT2D eigenvalue weighted by atomic mass is 10.0. The highest BCUT2D eigenvalue weighted by molar-refractivity contribution is 4.63. The number of unbranched alkanes of at least 4 members (excludes halogenated alkanes) is 4. The van der Waals surface area contributed by atoms with Gasteiger partial charge in [-0.1, -0.05) is 52.4 Å². The van der Waals surface area contributed by atoms with Gasteiger partial charge in [0.15, 0.2) is 0 Å². The van der Waals surface area contributed by atoms with E-state index in [-0.39, 0.29) is 12.2 Å². The fourth-order valence-corrected chi connectivity index (χ4v) is 1.80. The van der Waals surface area contributed by atoms with Gasteiger partial charge >= 0.3 is 0 Å². The third-order valence-corrected chi connectivity index (χ3v) is 2.83. The minimum absolute atomic E-state index is 0.297. The van der Waals surface area contributed by atoms with Crippen LogP contribution < -0.4 is 0 Å². The van der Waals surface area contributed by atoms with Gasteiger partial charge in [0.2, 0.25) is 0 Å². The van der Waals surface area contributed by atoms with E-state index in [9.17, 15) is 10.2 Å². The third-order valence-electron chi connectivity index (χ3n) is 2.83. The monoisotopic (exact) mass is 216 g/mol.